The molecular weight excluding hydrogens is 681 g/mol. The molecule has 0 aliphatic rings. The molecule has 0 saturated heterocycles. The van der Waals surface area contributed by atoms with Gasteiger partial charge in [0.2, 0.25) is 0 Å². The van der Waals surface area contributed by atoms with Gasteiger partial charge in [-0.1, -0.05) is 219 Å². The van der Waals surface area contributed by atoms with Gasteiger partial charge in [-0.25, -0.2) is 0 Å². The van der Waals surface area contributed by atoms with E-state index >= 15 is 0 Å². The van der Waals surface area contributed by atoms with E-state index in [-0.39, 0.29) is 4.75 Å². The molecular formula is C46H94S4. The van der Waals surface area contributed by atoms with Crippen molar-refractivity contribution >= 4 is 50.5 Å². The van der Waals surface area contributed by atoms with Gasteiger partial charge in [-0.15, -0.1) is 0 Å². The SMILES string of the molecule is CCCCCCCCCCCCCCC(CCCCCCCCS)C(S)(CCCCCCCCCCS)CCCCCCCCCCCCS. The highest BCUT2D eigenvalue weighted by molar-refractivity contribution is 7.81. The van der Waals surface area contributed by atoms with Crippen LogP contribution in [0.5, 0.6) is 0 Å². The van der Waals surface area contributed by atoms with Crippen LogP contribution in [0.15, 0.2) is 0 Å². The first-order valence-corrected chi connectivity index (χ1v) is 25.5. The Hall–Kier alpha value is 1.40. The highest BCUT2D eigenvalue weighted by Gasteiger charge is 2.33. The van der Waals surface area contributed by atoms with Gasteiger partial charge in [0.1, 0.15) is 0 Å². The largest absolute Gasteiger partial charge is 0.179 e. The second-order valence-corrected chi connectivity index (χ2v) is 18.7. The van der Waals surface area contributed by atoms with Crippen molar-refractivity contribution in [2.75, 3.05) is 17.3 Å². The van der Waals surface area contributed by atoms with Crippen molar-refractivity contribution in [3.8, 4) is 0 Å². The molecule has 2 atom stereocenters. The van der Waals surface area contributed by atoms with Crippen molar-refractivity contribution in [1.82, 2.24) is 0 Å². The van der Waals surface area contributed by atoms with Gasteiger partial charge in [-0.2, -0.15) is 50.5 Å². The molecule has 0 aliphatic carbocycles. The van der Waals surface area contributed by atoms with Gasteiger partial charge in [-0.3, -0.25) is 0 Å². The molecule has 0 heterocycles. The summed E-state index contributed by atoms with van der Waals surface area (Å²) in [7, 11) is 0. The molecule has 0 amide bonds. The molecule has 0 aromatic carbocycles. The van der Waals surface area contributed by atoms with Crippen LogP contribution in [0, 0.1) is 5.92 Å². The summed E-state index contributed by atoms with van der Waals surface area (Å²) in [5.41, 5.74) is 0. The van der Waals surface area contributed by atoms with E-state index in [1.807, 2.05) is 0 Å². The summed E-state index contributed by atoms with van der Waals surface area (Å²) >= 11 is 18.9. The summed E-state index contributed by atoms with van der Waals surface area (Å²) in [6.45, 7) is 2.32. The number of rotatable bonds is 44. The van der Waals surface area contributed by atoms with Crippen LogP contribution in [0.1, 0.15) is 264 Å². The second kappa shape index (κ2) is 43.1. The first kappa shape index (κ1) is 51.4. The predicted molar refractivity (Wildman–Crippen MR) is 247 cm³/mol. The average molecular weight is 776 g/mol. The van der Waals surface area contributed by atoms with Crippen LogP contribution in [0.25, 0.3) is 0 Å². The summed E-state index contributed by atoms with van der Waals surface area (Å²) in [6, 6.07) is 0. The highest BCUT2D eigenvalue weighted by Crippen LogP contribution is 2.42. The monoisotopic (exact) mass is 775 g/mol. The van der Waals surface area contributed by atoms with Crippen LogP contribution in [0.3, 0.4) is 0 Å². The van der Waals surface area contributed by atoms with E-state index in [1.165, 1.54) is 257 Å². The van der Waals surface area contributed by atoms with Gasteiger partial charge < -0.3 is 0 Å². The van der Waals surface area contributed by atoms with Gasteiger partial charge in [-0.05, 0) is 68.1 Å². The number of hydrogen-bond acceptors (Lipinski definition) is 4. The lowest BCUT2D eigenvalue weighted by atomic mass is 9.77. The summed E-state index contributed by atoms with van der Waals surface area (Å²) in [5, 5.41) is 0. The molecule has 50 heavy (non-hydrogen) atoms. The lowest BCUT2D eigenvalue weighted by Crippen LogP contribution is -2.33. The summed E-state index contributed by atoms with van der Waals surface area (Å²) in [6.07, 6.45) is 56.5. The van der Waals surface area contributed by atoms with E-state index in [4.69, 9.17) is 12.6 Å². The Bertz CT molecular complexity index is 613. The van der Waals surface area contributed by atoms with Gasteiger partial charge in [0.05, 0.1) is 0 Å². The van der Waals surface area contributed by atoms with Crippen molar-refractivity contribution in [1.29, 1.82) is 0 Å². The Balaban J connectivity index is 4.91. The second-order valence-electron chi connectivity index (χ2n) is 16.4. The molecule has 0 spiro atoms. The van der Waals surface area contributed by atoms with Gasteiger partial charge in [0, 0.05) is 4.75 Å². The van der Waals surface area contributed by atoms with Gasteiger partial charge >= 0.3 is 0 Å². The molecule has 0 aromatic rings. The van der Waals surface area contributed by atoms with Gasteiger partial charge in [0.25, 0.3) is 0 Å². The molecule has 0 saturated carbocycles. The summed E-state index contributed by atoms with van der Waals surface area (Å²) in [4.78, 5) is 0. The first-order chi connectivity index (χ1) is 24.6. The van der Waals surface area contributed by atoms with E-state index in [0.717, 1.165) is 23.2 Å². The molecule has 0 N–H and O–H groups in total. The minimum absolute atomic E-state index is 0.253. The third kappa shape index (κ3) is 36.4. The molecule has 0 aromatic heterocycles. The topological polar surface area (TPSA) is 0 Å². The number of hydrogen-bond donors (Lipinski definition) is 4. The maximum absolute atomic E-state index is 5.76. The fourth-order valence-corrected chi connectivity index (χ4v) is 9.46. The summed E-state index contributed by atoms with van der Waals surface area (Å²) in [5.74, 6) is 3.97. The van der Waals surface area contributed by atoms with Crippen LogP contribution >= 0.6 is 50.5 Å². The lowest BCUT2D eigenvalue weighted by molar-refractivity contribution is 0.272. The van der Waals surface area contributed by atoms with Crippen molar-refractivity contribution in [2.45, 2.75) is 269 Å². The van der Waals surface area contributed by atoms with Crippen LogP contribution in [-0.2, 0) is 0 Å². The van der Waals surface area contributed by atoms with E-state index < -0.39 is 0 Å². The standard InChI is InChI=1S/C46H94S4/c1-2-3-4-5-6-7-8-9-12-17-24-31-38-45(39-32-25-18-23-30-37-44-49)46(50,41-34-27-20-14-16-22-29-36-43-48)40-33-26-19-13-10-11-15-21-28-35-42-47/h45,47-50H,2-44H2,1H3. The van der Waals surface area contributed by atoms with Crippen LogP contribution in [-0.4, -0.2) is 22.0 Å². The fourth-order valence-electron chi connectivity index (χ4n) is 8.22. The molecule has 0 rings (SSSR count). The number of unbranched alkanes of at least 4 members (excludes halogenated alkanes) is 32. The Kier molecular flexibility index (Phi) is 44.3. The van der Waals surface area contributed by atoms with Crippen molar-refractivity contribution < 1.29 is 0 Å². The maximum atomic E-state index is 5.76. The van der Waals surface area contributed by atoms with Crippen molar-refractivity contribution in [3.05, 3.63) is 0 Å². The zero-order valence-electron chi connectivity index (χ0n) is 34.3. The molecule has 0 fully saturated rings. The van der Waals surface area contributed by atoms with Gasteiger partial charge in [0.15, 0.2) is 0 Å². The zero-order valence-corrected chi connectivity index (χ0v) is 37.8. The quantitative estimate of drug-likeness (QED) is 0.0344. The molecule has 4 heteroatoms. The molecule has 2 unspecified atom stereocenters. The normalized spacial score (nSPS) is 13.6. The molecule has 0 radical (unpaired) electrons. The third-order valence-electron chi connectivity index (χ3n) is 11.7. The highest BCUT2D eigenvalue weighted by atomic mass is 32.1. The Morgan fingerprint density at radius 1 is 0.300 bits per heavy atom. The average Bonchev–Trinajstić information content (AvgIpc) is 3.12. The number of thiol groups is 4. The Labute approximate surface area is 340 Å². The lowest BCUT2D eigenvalue weighted by Gasteiger charge is -2.38. The minimum atomic E-state index is 0.253. The van der Waals surface area contributed by atoms with E-state index in [9.17, 15) is 0 Å². The third-order valence-corrected chi connectivity index (χ3v) is 13.4. The molecule has 302 valence electrons. The smallest absolute Gasteiger partial charge is 0.0158 e. The van der Waals surface area contributed by atoms with E-state index in [0.29, 0.717) is 0 Å². The maximum Gasteiger partial charge on any atom is 0.0158 e. The first-order valence-electron chi connectivity index (χ1n) is 23.2. The van der Waals surface area contributed by atoms with Crippen LogP contribution in [0.4, 0.5) is 0 Å². The molecule has 0 bridgehead atoms. The molecule has 0 nitrogen and oxygen atoms in total. The zero-order chi connectivity index (χ0) is 36.5. The van der Waals surface area contributed by atoms with E-state index in [1.54, 1.807) is 0 Å². The van der Waals surface area contributed by atoms with E-state index in [2.05, 4.69) is 44.8 Å². The molecule has 0 aliphatic heterocycles. The van der Waals surface area contributed by atoms with Crippen molar-refractivity contribution in [3.63, 3.8) is 0 Å². The van der Waals surface area contributed by atoms with Crippen LogP contribution < -0.4 is 0 Å². The predicted octanol–water partition coefficient (Wildman–Crippen LogP) is 17.7. The van der Waals surface area contributed by atoms with Crippen LogP contribution in [0.2, 0.25) is 0 Å². The minimum Gasteiger partial charge on any atom is -0.179 e. The van der Waals surface area contributed by atoms with Crippen molar-refractivity contribution in [2.24, 2.45) is 5.92 Å². The Morgan fingerprint density at radius 3 is 0.780 bits per heavy atom. The summed E-state index contributed by atoms with van der Waals surface area (Å²) < 4.78 is 0.253. The fraction of sp³-hybridized carbons (Fsp3) is 1.00. The Morgan fingerprint density at radius 2 is 0.520 bits per heavy atom.